The van der Waals surface area contributed by atoms with Crippen LogP contribution in [0.4, 0.5) is 5.82 Å². The van der Waals surface area contributed by atoms with Crippen LogP contribution in [0.15, 0.2) is 35.9 Å². The summed E-state index contributed by atoms with van der Waals surface area (Å²) in [4.78, 5) is 15.6. The number of hydrogen-bond donors (Lipinski definition) is 1. The number of aromatic nitrogens is 3. The monoisotopic (exact) mass is 345 g/mol. The number of rotatable bonds is 7. The van der Waals surface area contributed by atoms with Gasteiger partial charge in [-0.05, 0) is 11.8 Å². The highest BCUT2D eigenvalue weighted by Gasteiger charge is 2.15. The van der Waals surface area contributed by atoms with Gasteiger partial charge >= 0.3 is 0 Å². The van der Waals surface area contributed by atoms with E-state index in [0.29, 0.717) is 0 Å². The number of nitrogens with one attached hydrogen (secondary N) is 1. The van der Waals surface area contributed by atoms with Crippen molar-refractivity contribution >= 4 is 17.6 Å². The third kappa shape index (κ3) is 4.66. The third-order valence-corrected chi connectivity index (χ3v) is 4.54. The van der Waals surface area contributed by atoms with Crippen molar-refractivity contribution in [3.8, 4) is 0 Å². The lowest BCUT2D eigenvalue weighted by Gasteiger charge is -2.29. The molecule has 6 nitrogen and oxygen atoms in total. The van der Waals surface area contributed by atoms with Crippen LogP contribution in [0.2, 0.25) is 0 Å². The molecule has 1 aliphatic rings. The lowest BCUT2D eigenvalue weighted by atomic mass is 10.2. The smallest absolute Gasteiger partial charge is 0.187 e. The van der Waals surface area contributed by atoms with Crippen molar-refractivity contribution in [1.29, 1.82) is 0 Å². The Balaban J connectivity index is 1.56. The van der Waals surface area contributed by atoms with Crippen molar-refractivity contribution in [2.45, 2.75) is 25.2 Å². The molecule has 0 bridgehead atoms. The largest absolute Gasteiger partial charge is 0.378 e. The van der Waals surface area contributed by atoms with Crippen molar-refractivity contribution in [3.63, 3.8) is 0 Å². The molecule has 1 N–H and O–H groups in total. The molecule has 0 unspecified atom stereocenters. The lowest BCUT2D eigenvalue weighted by molar-refractivity contribution is 0.122. The number of anilines is 1. The fourth-order valence-corrected chi connectivity index (χ4v) is 3.12. The molecule has 0 radical (unpaired) electrons. The van der Waals surface area contributed by atoms with E-state index >= 15 is 0 Å². The predicted octanol–water partition coefficient (Wildman–Crippen LogP) is 2.11. The van der Waals surface area contributed by atoms with Gasteiger partial charge in [0.15, 0.2) is 5.16 Å². The molecule has 2 aromatic rings. The average molecular weight is 345 g/mol. The van der Waals surface area contributed by atoms with E-state index < -0.39 is 0 Å². The van der Waals surface area contributed by atoms with Crippen LogP contribution in [0.3, 0.4) is 0 Å². The Morgan fingerprint density at radius 1 is 1.17 bits per heavy atom. The van der Waals surface area contributed by atoms with Crippen LogP contribution in [-0.2, 0) is 17.8 Å². The van der Waals surface area contributed by atoms with E-state index in [-0.39, 0.29) is 0 Å². The third-order valence-electron chi connectivity index (χ3n) is 3.78. The summed E-state index contributed by atoms with van der Waals surface area (Å²) in [5.74, 6) is 2.04. The van der Waals surface area contributed by atoms with Crippen LogP contribution in [0.5, 0.6) is 0 Å². The molecule has 0 spiro atoms. The summed E-state index contributed by atoms with van der Waals surface area (Å²) in [5.41, 5.74) is 2.30. The molecule has 3 rings (SSSR count). The Morgan fingerprint density at radius 3 is 2.71 bits per heavy atom. The molecule has 2 aromatic heterocycles. The van der Waals surface area contributed by atoms with E-state index in [1.54, 1.807) is 11.8 Å². The quantitative estimate of drug-likeness (QED) is 0.609. The minimum absolute atomic E-state index is 0.745. The molecular weight excluding hydrogens is 322 g/mol. The van der Waals surface area contributed by atoms with Crippen LogP contribution < -0.4 is 10.2 Å². The highest BCUT2D eigenvalue weighted by molar-refractivity contribution is 7.99. The second-order valence-corrected chi connectivity index (χ2v) is 6.73. The molecule has 0 amide bonds. The second-order valence-electron chi connectivity index (χ2n) is 5.50. The maximum Gasteiger partial charge on any atom is 0.187 e. The zero-order valence-corrected chi connectivity index (χ0v) is 14.8. The van der Waals surface area contributed by atoms with E-state index in [1.165, 1.54) is 5.56 Å². The Kier molecular flexibility index (Phi) is 6.40. The standard InChI is InChI=1S/C17H23N5OS/c1-2-24-17-20-11-14(12-21-17)10-18-13-15-4-3-5-19-16(15)22-6-8-23-9-7-22/h3-5,11-12,18H,2,6-10,13H2,1H3. The van der Waals surface area contributed by atoms with Gasteiger partial charge in [0.05, 0.1) is 13.2 Å². The number of pyridine rings is 1. The molecule has 7 heteroatoms. The summed E-state index contributed by atoms with van der Waals surface area (Å²) in [5, 5.41) is 4.30. The van der Waals surface area contributed by atoms with Gasteiger partial charge in [0.25, 0.3) is 0 Å². The van der Waals surface area contributed by atoms with Crippen LogP contribution >= 0.6 is 11.8 Å². The fourth-order valence-electron chi connectivity index (χ4n) is 2.61. The fraction of sp³-hybridized carbons (Fsp3) is 0.471. The predicted molar refractivity (Wildman–Crippen MR) is 96.2 cm³/mol. The topological polar surface area (TPSA) is 63.2 Å². The minimum atomic E-state index is 0.745. The highest BCUT2D eigenvalue weighted by Crippen LogP contribution is 2.18. The van der Waals surface area contributed by atoms with Crippen molar-refractivity contribution in [2.75, 3.05) is 37.0 Å². The summed E-state index contributed by atoms with van der Waals surface area (Å²) >= 11 is 1.66. The SMILES string of the molecule is CCSc1ncc(CNCc2cccnc2N2CCOCC2)cn1. The zero-order chi connectivity index (χ0) is 16.6. The number of hydrogen-bond acceptors (Lipinski definition) is 7. The maximum absolute atomic E-state index is 5.43. The normalized spacial score (nSPS) is 14.8. The van der Waals surface area contributed by atoms with Crippen LogP contribution in [-0.4, -0.2) is 47.0 Å². The molecule has 1 aliphatic heterocycles. The molecular formula is C17H23N5OS. The first-order valence-corrected chi connectivity index (χ1v) is 9.26. The van der Waals surface area contributed by atoms with Gasteiger partial charge in [-0.1, -0.05) is 24.8 Å². The molecule has 128 valence electrons. The number of ether oxygens (including phenoxy) is 1. The van der Waals surface area contributed by atoms with Crippen molar-refractivity contribution in [1.82, 2.24) is 20.3 Å². The molecule has 1 fully saturated rings. The Bertz CT molecular complexity index is 631. The van der Waals surface area contributed by atoms with Gasteiger partial charge in [-0.3, -0.25) is 0 Å². The summed E-state index contributed by atoms with van der Waals surface area (Å²) in [6.07, 6.45) is 5.64. The van der Waals surface area contributed by atoms with Gasteiger partial charge in [-0.25, -0.2) is 15.0 Å². The summed E-state index contributed by atoms with van der Waals surface area (Å²) in [7, 11) is 0. The molecule has 1 saturated heterocycles. The number of morpholine rings is 1. The molecule has 0 aliphatic carbocycles. The molecule has 0 aromatic carbocycles. The average Bonchev–Trinajstić information content (AvgIpc) is 2.65. The van der Waals surface area contributed by atoms with E-state index in [9.17, 15) is 0 Å². The Morgan fingerprint density at radius 2 is 1.96 bits per heavy atom. The Hall–Kier alpha value is -1.70. The zero-order valence-electron chi connectivity index (χ0n) is 13.9. The molecule has 24 heavy (non-hydrogen) atoms. The van der Waals surface area contributed by atoms with Crippen LogP contribution in [0.1, 0.15) is 18.1 Å². The number of nitrogens with zero attached hydrogens (tertiary/aromatic N) is 4. The van der Waals surface area contributed by atoms with Gasteiger partial charge in [0.2, 0.25) is 0 Å². The van der Waals surface area contributed by atoms with Gasteiger partial charge in [0.1, 0.15) is 5.82 Å². The van der Waals surface area contributed by atoms with E-state index in [4.69, 9.17) is 4.74 Å². The van der Waals surface area contributed by atoms with E-state index in [2.05, 4.69) is 38.2 Å². The van der Waals surface area contributed by atoms with Gasteiger partial charge in [0, 0.05) is 55.9 Å². The molecule has 0 saturated carbocycles. The van der Waals surface area contributed by atoms with E-state index in [0.717, 1.165) is 61.7 Å². The summed E-state index contributed by atoms with van der Waals surface area (Å²) < 4.78 is 5.43. The van der Waals surface area contributed by atoms with Crippen molar-refractivity contribution < 1.29 is 4.74 Å². The molecule has 3 heterocycles. The van der Waals surface area contributed by atoms with Crippen molar-refractivity contribution in [3.05, 3.63) is 41.9 Å². The van der Waals surface area contributed by atoms with Gasteiger partial charge in [-0.2, -0.15) is 0 Å². The van der Waals surface area contributed by atoms with E-state index in [1.807, 2.05) is 24.7 Å². The lowest BCUT2D eigenvalue weighted by Crippen LogP contribution is -2.37. The second kappa shape index (κ2) is 8.96. The first-order chi connectivity index (χ1) is 11.9. The van der Waals surface area contributed by atoms with Crippen LogP contribution in [0, 0.1) is 0 Å². The first kappa shape index (κ1) is 17.1. The summed E-state index contributed by atoms with van der Waals surface area (Å²) in [6, 6.07) is 4.11. The summed E-state index contributed by atoms with van der Waals surface area (Å²) in [6.45, 7) is 6.94. The minimum Gasteiger partial charge on any atom is -0.378 e. The first-order valence-electron chi connectivity index (χ1n) is 8.28. The molecule has 0 atom stereocenters. The highest BCUT2D eigenvalue weighted by atomic mass is 32.2. The van der Waals surface area contributed by atoms with Crippen molar-refractivity contribution in [2.24, 2.45) is 0 Å². The number of thioether (sulfide) groups is 1. The van der Waals surface area contributed by atoms with Gasteiger partial charge < -0.3 is 15.0 Å². The van der Waals surface area contributed by atoms with Gasteiger partial charge in [-0.15, -0.1) is 0 Å². The van der Waals surface area contributed by atoms with Crippen LogP contribution in [0.25, 0.3) is 0 Å². The Labute approximate surface area is 147 Å². The maximum atomic E-state index is 5.43.